The standard InChI is InChI=1S/C10H14FN3O5/c1-13-6(4-15)2-10(5-16,19-13)14-3-7(11)8(17)12-9(14)18/h3,6,15-16H,2,4-5H2,1H3,(H,12,17,18)/t6-,10-/m1/s1. The normalized spacial score (nSPS) is 27.9. The van der Waals surface area contributed by atoms with Gasteiger partial charge in [0.1, 0.15) is 0 Å². The Balaban J connectivity index is 2.52. The van der Waals surface area contributed by atoms with E-state index in [9.17, 15) is 19.1 Å². The maximum atomic E-state index is 13.3. The molecule has 1 aliphatic heterocycles. The summed E-state index contributed by atoms with van der Waals surface area (Å²) in [5, 5.41) is 19.9. The second kappa shape index (κ2) is 4.85. The molecule has 0 unspecified atom stereocenters. The monoisotopic (exact) mass is 275 g/mol. The Bertz CT molecular complexity index is 585. The number of aromatic amines is 1. The predicted octanol–water partition coefficient (Wildman–Crippen LogP) is -2.05. The van der Waals surface area contributed by atoms with Crippen LogP contribution in [0.1, 0.15) is 6.42 Å². The summed E-state index contributed by atoms with van der Waals surface area (Å²) in [6.45, 7) is -0.863. The number of aliphatic hydroxyl groups is 2. The lowest BCUT2D eigenvalue weighted by Gasteiger charge is -2.27. The first-order valence-corrected chi connectivity index (χ1v) is 5.59. The number of nitrogens with one attached hydrogen (secondary N) is 1. The zero-order valence-electron chi connectivity index (χ0n) is 10.2. The van der Waals surface area contributed by atoms with Crippen molar-refractivity contribution in [2.24, 2.45) is 0 Å². The Morgan fingerprint density at radius 2 is 2.26 bits per heavy atom. The Morgan fingerprint density at radius 3 is 2.79 bits per heavy atom. The number of hydrogen-bond donors (Lipinski definition) is 3. The SMILES string of the molecule is CN1O[C@](CO)(n2cc(F)c(=O)[nH]c2=O)C[C@@H]1CO. The summed E-state index contributed by atoms with van der Waals surface area (Å²) in [6, 6.07) is -0.450. The molecule has 19 heavy (non-hydrogen) atoms. The molecule has 1 aliphatic rings. The summed E-state index contributed by atoms with van der Waals surface area (Å²) in [4.78, 5) is 29.9. The highest BCUT2D eigenvalue weighted by Crippen LogP contribution is 2.32. The second-order valence-electron chi connectivity index (χ2n) is 4.39. The van der Waals surface area contributed by atoms with Gasteiger partial charge in [-0.3, -0.25) is 19.2 Å². The molecule has 0 spiro atoms. The molecule has 0 saturated carbocycles. The van der Waals surface area contributed by atoms with Crippen molar-refractivity contribution >= 4 is 0 Å². The van der Waals surface area contributed by atoms with Gasteiger partial charge in [-0.1, -0.05) is 0 Å². The van der Waals surface area contributed by atoms with Crippen LogP contribution in [-0.2, 0) is 10.6 Å². The molecule has 0 aliphatic carbocycles. The fourth-order valence-electron chi connectivity index (χ4n) is 2.12. The molecule has 1 aromatic heterocycles. The zero-order chi connectivity index (χ0) is 14.2. The minimum atomic E-state index is -1.54. The fraction of sp³-hybridized carbons (Fsp3) is 0.600. The van der Waals surface area contributed by atoms with Crippen LogP contribution in [0.3, 0.4) is 0 Å². The van der Waals surface area contributed by atoms with E-state index in [0.29, 0.717) is 6.20 Å². The van der Waals surface area contributed by atoms with E-state index >= 15 is 0 Å². The summed E-state index contributed by atoms with van der Waals surface area (Å²) < 4.78 is 14.1. The molecule has 3 N–H and O–H groups in total. The number of nitrogens with zero attached hydrogens (tertiary/aromatic N) is 2. The van der Waals surface area contributed by atoms with Crippen LogP contribution in [-0.4, -0.2) is 51.1 Å². The number of rotatable bonds is 3. The Hall–Kier alpha value is -1.55. The van der Waals surface area contributed by atoms with Crippen LogP contribution in [0.25, 0.3) is 0 Å². The van der Waals surface area contributed by atoms with E-state index in [-0.39, 0.29) is 13.0 Å². The van der Waals surface area contributed by atoms with E-state index in [1.54, 1.807) is 4.98 Å². The summed E-state index contributed by atoms with van der Waals surface area (Å²) >= 11 is 0. The number of H-pyrrole nitrogens is 1. The van der Waals surface area contributed by atoms with Crippen molar-refractivity contribution in [2.75, 3.05) is 20.3 Å². The average Bonchev–Trinajstić information content (AvgIpc) is 2.71. The highest BCUT2D eigenvalue weighted by atomic mass is 19.1. The summed E-state index contributed by atoms with van der Waals surface area (Å²) in [5.41, 5.74) is -3.57. The fourth-order valence-corrected chi connectivity index (χ4v) is 2.12. The Labute approximate surface area is 106 Å². The molecule has 0 aromatic carbocycles. The summed E-state index contributed by atoms with van der Waals surface area (Å²) in [7, 11) is 1.52. The van der Waals surface area contributed by atoms with Crippen molar-refractivity contribution in [3.8, 4) is 0 Å². The minimum Gasteiger partial charge on any atom is -0.395 e. The molecule has 2 rings (SSSR count). The summed E-state index contributed by atoms with van der Waals surface area (Å²) in [5.74, 6) is -1.16. The highest BCUT2D eigenvalue weighted by molar-refractivity contribution is 4.95. The van der Waals surface area contributed by atoms with Crippen molar-refractivity contribution in [3.63, 3.8) is 0 Å². The second-order valence-corrected chi connectivity index (χ2v) is 4.39. The van der Waals surface area contributed by atoms with Crippen LogP contribution in [0.2, 0.25) is 0 Å². The van der Waals surface area contributed by atoms with Gasteiger partial charge in [0, 0.05) is 13.5 Å². The molecule has 1 aromatic rings. The first kappa shape index (κ1) is 13.9. The van der Waals surface area contributed by atoms with E-state index in [1.165, 1.54) is 12.1 Å². The molecule has 1 saturated heterocycles. The molecule has 0 radical (unpaired) electrons. The molecular formula is C10H14FN3O5. The number of hydrogen-bond acceptors (Lipinski definition) is 6. The minimum absolute atomic E-state index is 0.0713. The van der Waals surface area contributed by atoms with E-state index in [4.69, 9.17) is 9.94 Å². The molecule has 0 amide bonds. The molecular weight excluding hydrogens is 261 g/mol. The third kappa shape index (κ3) is 2.21. The molecule has 9 heteroatoms. The first-order chi connectivity index (χ1) is 8.93. The number of likely N-dealkylation sites (N-methyl/N-ethyl adjacent to an activating group) is 1. The van der Waals surface area contributed by atoms with E-state index in [2.05, 4.69) is 0 Å². The van der Waals surface area contributed by atoms with Crippen molar-refractivity contribution < 1.29 is 19.4 Å². The van der Waals surface area contributed by atoms with Gasteiger partial charge in [-0.25, -0.2) is 4.79 Å². The third-order valence-electron chi connectivity index (χ3n) is 3.18. The highest BCUT2D eigenvalue weighted by Gasteiger charge is 2.46. The topological polar surface area (TPSA) is 108 Å². The van der Waals surface area contributed by atoms with Crippen LogP contribution in [0.5, 0.6) is 0 Å². The number of aliphatic hydroxyl groups excluding tert-OH is 2. The molecule has 0 bridgehead atoms. The van der Waals surface area contributed by atoms with Crippen LogP contribution in [0.4, 0.5) is 4.39 Å². The van der Waals surface area contributed by atoms with Crippen molar-refractivity contribution in [1.29, 1.82) is 0 Å². The van der Waals surface area contributed by atoms with Crippen LogP contribution in [0, 0.1) is 5.82 Å². The van der Waals surface area contributed by atoms with Crippen molar-refractivity contribution in [2.45, 2.75) is 18.2 Å². The molecule has 8 nitrogen and oxygen atoms in total. The van der Waals surface area contributed by atoms with Gasteiger partial charge in [0.05, 0.1) is 25.5 Å². The van der Waals surface area contributed by atoms with E-state index < -0.39 is 35.4 Å². The summed E-state index contributed by atoms with van der Waals surface area (Å²) in [6.07, 6.45) is 0.757. The van der Waals surface area contributed by atoms with Gasteiger partial charge in [-0.15, -0.1) is 0 Å². The van der Waals surface area contributed by atoms with Crippen molar-refractivity contribution in [1.82, 2.24) is 14.6 Å². The smallest absolute Gasteiger partial charge is 0.330 e. The average molecular weight is 275 g/mol. The van der Waals surface area contributed by atoms with E-state index in [0.717, 1.165) is 4.57 Å². The van der Waals surface area contributed by atoms with Crippen LogP contribution >= 0.6 is 0 Å². The Kier molecular flexibility index (Phi) is 3.54. The van der Waals surface area contributed by atoms with Gasteiger partial charge in [0.25, 0.3) is 5.56 Å². The maximum absolute atomic E-state index is 13.3. The molecule has 106 valence electrons. The van der Waals surface area contributed by atoms with Gasteiger partial charge in [-0.2, -0.15) is 9.45 Å². The lowest BCUT2D eigenvalue weighted by molar-refractivity contribution is -0.240. The zero-order valence-corrected chi connectivity index (χ0v) is 10.2. The molecule has 1 fully saturated rings. The van der Waals surface area contributed by atoms with Gasteiger partial charge in [0.15, 0.2) is 5.72 Å². The van der Waals surface area contributed by atoms with Crippen LogP contribution < -0.4 is 11.2 Å². The largest absolute Gasteiger partial charge is 0.395 e. The molecule has 2 atom stereocenters. The van der Waals surface area contributed by atoms with E-state index in [1.807, 2.05) is 0 Å². The van der Waals surface area contributed by atoms with Crippen LogP contribution in [0.15, 0.2) is 15.8 Å². The quantitative estimate of drug-likeness (QED) is 0.586. The van der Waals surface area contributed by atoms with Gasteiger partial charge < -0.3 is 10.2 Å². The molecule has 2 heterocycles. The number of aromatic nitrogens is 2. The lowest BCUT2D eigenvalue weighted by atomic mass is 10.1. The first-order valence-electron chi connectivity index (χ1n) is 5.59. The third-order valence-corrected chi connectivity index (χ3v) is 3.18. The van der Waals surface area contributed by atoms with Crippen molar-refractivity contribution in [3.05, 3.63) is 32.9 Å². The van der Waals surface area contributed by atoms with Gasteiger partial charge in [-0.05, 0) is 0 Å². The number of halogens is 1. The Morgan fingerprint density at radius 1 is 1.58 bits per heavy atom. The maximum Gasteiger partial charge on any atom is 0.330 e. The number of hydroxylamine groups is 2. The lowest BCUT2D eigenvalue weighted by Crippen LogP contribution is -2.47. The van der Waals surface area contributed by atoms with Gasteiger partial charge >= 0.3 is 5.69 Å². The van der Waals surface area contributed by atoms with Gasteiger partial charge in [0.2, 0.25) is 5.82 Å². The predicted molar refractivity (Wildman–Crippen MR) is 60.7 cm³/mol.